The molecule has 0 aliphatic rings. The van der Waals surface area contributed by atoms with Crippen LogP contribution in [0.5, 0.6) is 0 Å². The maximum Gasteiger partial charge on any atom is 0.230 e. The van der Waals surface area contributed by atoms with E-state index in [0.29, 0.717) is 32.4 Å². The van der Waals surface area contributed by atoms with Crippen molar-refractivity contribution in [2.75, 3.05) is 5.73 Å². The average Bonchev–Trinajstić information content (AvgIpc) is 2.82. The van der Waals surface area contributed by atoms with E-state index < -0.39 is 0 Å². The summed E-state index contributed by atoms with van der Waals surface area (Å²) in [5.41, 5.74) is 8.01. The number of nitrogens with zero attached hydrogens (tertiary/aromatic N) is 1. The molecule has 21 heavy (non-hydrogen) atoms. The number of rotatable bonds is 2. The van der Waals surface area contributed by atoms with E-state index >= 15 is 0 Å². The van der Waals surface area contributed by atoms with Gasteiger partial charge in [0.05, 0.1) is 15.6 Å². The van der Waals surface area contributed by atoms with Crippen molar-refractivity contribution in [3.05, 3.63) is 58.3 Å². The Hall–Kier alpha value is -2.04. The van der Waals surface area contributed by atoms with Crippen LogP contribution in [0.1, 0.15) is 0 Å². The van der Waals surface area contributed by atoms with E-state index in [0.717, 1.165) is 0 Å². The molecular weight excluding hydrogens is 314 g/mol. The summed E-state index contributed by atoms with van der Waals surface area (Å²) in [4.78, 5) is 0. The first-order chi connectivity index (χ1) is 10.1. The van der Waals surface area contributed by atoms with Gasteiger partial charge in [-0.15, -0.1) is 0 Å². The molecule has 2 aromatic carbocycles. The van der Waals surface area contributed by atoms with Gasteiger partial charge in [0, 0.05) is 11.1 Å². The zero-order valence-corrected chi connectivity index (χ0v) is 12.1. The number of anilines is 1. The summed E-state index contributed by atoms with van der Waals surface area (Å²) in [6, 6.07) is 11.0. The summed E-state index contributed by atoms with van der Waals surface area (Å²) in [6.07, 6.45) is 0. The third-order valence-corrected chi connectivity index (χ3v) is 3.68. The Morgan fingerprint density at radius 2 is 1.57 bits per heavy atom. The van der Waals surface area contributed by atoms with Crippen LogP contribution in [0.3, 0.4) is 0 Å². The zero-order valence-electron chi connectivity index (χ0n) is 10.6. The summed E-state index contributed by atoms with van der Waals surface area (Å²) < 4.78 is 18.1. The van der Waals surface area contributed by atoms with Crippen molar-refractivity contribution < 1.29 is 8.91 Å². The number of halogens is 3. The lowest BCUT2D eigenvalue weighted by atomic mass is 10.0. The highest BCUT2D eigenvalue weighted by molar-refractivity contribution is 6.39. The molecule has 3 nitrogen and oxygen atoms in total. The van der Waals surface area contributed by atoms with Gasteiger partial charge in [-0.2, -0.15) is 0 Å². The summed E-state index contributed by atoms with van der Waals surface area (Å²) in [5, 5.41) is 4.80. The van der Waals surface area contributed by atoms with E-state index in [1.807, 2.05) is 0 Å². The summed E-state index contributed by atoms with van der Waals surface area (Å²) in [6.45, 7) is 0. The molecule has 3 aromatic rings. The standard InChI is InChI=1S/C15H9Cl2FN2O/c16-10-2-1-3-11(17)12(10)13-14(20-21-15(13)19)8-4-6-9(18)7-5-8/h1-7H,19H2. The number of nitrogen functional groups attached to an aromatic ring is 1. The Morgan fingerprint density at radius 3 is 2.19 bits per heavy atom. The molecule has 0 saturated carbocycles. The molecule has 0 saturated heterocycles. The summed E-state index contributed by atoms with van der Waals surface area (Å²) in [5.74, 6) is -0.239. The molecule has 0 radical (unpaired) electrons. The van der Waals surface area contributed by atoms with Crippen LogP contribution in [0.4, 0.5) is 10.3 Å². The third kappa shape index (κ3) is 2.48. The molecule has 0 aliphatic heterocycles. The topological polar surface area (TPSA) is 52.0 Å². The number of nitrogens with two attached hydrogens (primary N) is 1. The second kappa shape index (κ2) is 5.39. The lowest BCUT2D eigenvalue weighted by Gasteiger charge is -2.07. The number of aromatic nitrogens is 1. The molecule has 0 atom stereocenters. The van der Waals surface area contributed by atoms with Crippen LogP contribution < -0.4 is 5.73 Å². The minimum atomic E-state index is -0.340. The van der Waals surface area contributed by atoms with Gasteiger partial charge in [0.1, 0.15) is 11.5 Å². The van der Waals surface area contributed by atoms with E-state index in [1.54, 1.807) is 30.3 Å². The molecular formula is C15H9Cl2FN2O. The summed E-state index contributed by atoms with van der Waals surface area (Å²) in [7, 11) is 0. The van der Waals surface area contributed by atoms with Gasteiger partial charge in [-0.25, -0.2) is 4.39 Å². The van der Waals surface area contributed by atoms with Gasteiger partial charge in [0.2, 0.25) is 5.88 Å². The fourth-order valence-electron chi connectivity index (χ4n) is 2.09. The monoisotopic (exact) mass is 322 g/mol. The van der Waals surface area contributed by atoms with Crippen molar-refractivity contribution in [2.24, 2.45) is 0 Å². The second-order valence-corrected chi connectivity index (χ2v) is 5.19. The van der Waals surface area contributed by atoms with Crippen molar-refractivity contribution in [1.82, 2.24) is 5.16 Å². The highest BCUT2D eigenvalue weighted by atomic mass is 35.5. The van der Waals surface area contributed by atoms with Crippen molar-refractivity contribution in [3.8, 4) is 22.4 Å². The molecule has 1 aromatic heterocycles. The van der Waals surface area contributed by atoms with Crippen LogP contribution in [0.15, 0.2) is 47.0 Å². The van der Waals surface area contributed by atoms with Gasteiger partial charge >= 0.3 is 0 Å². The van der Waals surface area contributed by atoms with E-state index in [-0.39, 0.29) is 11.7 Å². The Morgan fingerprint density at radius 1 is 0.952 bits per heavy atom. The van der Waals surface area contributed by atoms with Gasteiger partial charge in [0.25, 0.3) is 0 Å². The molecule has 0 amide bonds. The van der Waals surface area contributed by atoms with Crippen LogP contribution in [-0.4, -0.2) is 5.16 Å². The van der Waals surface area contributed by atoms with Crippen molar-refractivity contribution in [2.45, 2.75) is 0 Å². The quantitative estimate of drug-likeness (QED) is 0.719. The Kier molecular flexibility index (Phi) is 3.57. The van der Waals surface area contributed by atoms with Crippen LogP contribution in [-0.2, 0) is 0 Å². The fraction of sp³-hybridized carbons (Fsp3) is 0. The van der Waals surface area contributed by atoms with E-state index in [9.17, 15) is 4.39 Å². The first-order valence-electron chi connectivity index (χ1n) is 6.03. The SMILES string of the molecule is Nc1onc(-c2ccc(F)cc2)c1-c1c(Cl)cccc1Cl. The number of hydrogen-bond acceptors (Lipinski definition) is 3. The van der Waals surface area contributed by atoms with Crippen molar-refractivity contribution >= 4 is 29.1 Å². The molecule has 6 heteroatoms. The minimum absolute atomic E-state index is 0.101. The molecule has 2 N–H and O–H groups in total. The average molecular weight is 323 g/mol. The predicted molar refractivity (Wildman–Crippen MR) is 81.8 cm³/mol. The van der Waals surface area contributed by atoms with Crippen LogP contribution in [0, 0.1) is 5.82 Å². The van der Waals surface area contributed by atoms with Crippen LogP contribution in [0.2, 0.25) is 10.0 Å². The van der Waals surface area contributed by atoms with Gasteiger partial charge in [0.15, 0.2) is 0 Å². The Bertz CT molecular complexity index is 780. The van der Waals surface area contributed by atoms with Gasteiger partial charge in [-0.1, -0.05) is 34.4 Å². The van der Waals surface area contributed by atoms with Gasteiger partial charge in [-0.05, 0) is 36.4 Å². The van der Waals surface area contributed by atoms with Crippen LogP contribution in [0.25, 0.3) is 22.4 Å². The van der Waals surface area contributed by atoms with Crippen LogP contribution >= 0.6 is 23.2 Å². The maximum absolute atomic E-state index is 13.0. The molecule has 0 spiro atoms. The van der Waals surface area contributed by atoms with E-state index in [4.69, 9.17) is 33.5 Å². The Balaban J connectivity index is 2.25. The molecule has 0 bridgehead atoms. The number of benzene rings is 2. The van der Waals surface area contributed by atoms with E-state index in [2.05, 4.69) is 5.16 Å². The lowest BCUT2D eigenvalue weighted by molar-refractivity contribution is 0.439. The van der Waals surface area contributed by atoms with Crippen molar-refractivity contribution in [3.63, 3.8) is 0 Å². The molecule has 0 aliphatic carbocycles. The van der Waals surface area contributed by atoms with E-state index in [1.165, 1.54) is 12.1 Å². The minimum Gasteiger partial charge on any atom is -0.367 e. The predicted octanol–water partition coefficient (Wildman–Crippen LogP) is 5.04. The lowest BCUT2D eigenvalue weighted by Crippen LogP contribution is -1.90. The van der Waals surface area contributed by atoms with Crippen molar-refractivity contribution in [1.29, 1.82) is 0 Å². The normalized spacial score (nSPS) is 10.8. The summed E-state index contributed by atoms with van der Waals surface area (Å²) >= 11 is 12.4. The fourth-order valence-corrected chi connectivity index (χ4v) is 2.67. The zero-order chi connectivity index (χ0) is 15.0. The van der Waals surface area contributed by atoms with Gasteiger partial charge in [-0.3, -0.25) is 0 Å². The largest absolute Gasteiger partial charge is 0.367 e. The third-order valence-electron chi connectivity index (χ3n) is 3.05. The van der Waals surface area contributed by atoms with Gasteiger partial charge < -0.3 is 10.3 Å². The second-order valence-electron chi connectivity index (χ2n) is 4.37. The maximum atomic E-state index is 13.0. The Labute approximate surface area is 130 Å². The molecule has 106 valence electrons. The first kappa shape index (κ1) is 13.9. The number of hydrogen-bond donors (Lipinski definition) is 1. The first-order valence-corrected chi connectivity index (χ1v) is 6.79. The molecule has 0 fully saturated rings. The molecule has 1 heterocycles. The highest BCUT2D eigenvalue weighted by Gasteiger charge is 2.21. The highest BCUT2D eigenvalue weighted by Crippen LogP contribution is 2.43. The smallest absolute Gasteiger partial charge is 0.230 e. The molecule has 3 rings (SSSR count). The molecule has 0 unspecified atom stereocenters.